The van der Waals surface area contributed by atoms with Crippen LogP contribution in [0.3, 0.4) is 0 Å². The Morgan fingerprint density at radius 2 is 2.35 bits per heavy atom. The summed E-state index contributed by atoms with van der Waals surface area (Å²) in [4.78, 5) is 16.1. The molecule has 7 heteroatoms. The molecule has 0 saturated heterocycles. The average molecular weight is 313 g/mol. The number of halogens is 2. The summed E-state index contributed by atoms with van der Waals surface area (Å²) in [5.74, 6) is -3.50. The van der Waals surface area contributed by atoms with Gasteiger partial charge in [0.05, 0.1) is 13.5 Å². The SMILES string of the molecule is [2H]C([2H])([18F])Sc1cc(NC(=O)c2ncccc2N)ccc1Cl. The number of rotatable bonds is 4. The van der Waals surface area contributed by atoms with Gasteiger partial charge in [-0.15, -0.1) is 0 Å². The molecule has 0 aliphatic heterocycles. The first-order valence-corrected chi connectivity index (χ1v) is 6.65. The van der Waals surface area contributed by atoms with Gasteiger partial charge < -0.3 is 11.1 Å². The molecule has 0 aliphatic rings. The molecule has 1 aromatic heterocycles. The number of carbonyl (C=O) groups excluding carboxylic acids is 1. The van der Waals surface area contributed by atoms with Gasteiger partial charge in [-0.3, -0.25) is 4.79 Å². The molecule has 20 heavy (non-hydrogen) atoms. The van der Waals surface area contributed by atoms with Crippen LogP contribution in [0.25, 0.3) is 0 Å². The normalized spacial score (nSPS) is 12.5. The number of hydrogen-bond acceptors (Lipinski definition) is 4. The first kappa shape index (κ1) is 12.0. The molecule has 0 saturated carbocycles. The summed E-state index contributed by atoms with van der Waals surface area (Å²) in [6.07, 6.45) is 1.44. The Labute approximate surface area is 127 Å². The lowest BCUT2D eigenvalue weighted by Gasteiger charge is -2.08. The van der Waals surface area contributed by atoms with Crippen molar-refractivity contribution in [2.75, 3.05) is 17.0 Å². The number of nitrogens with two attached hydrogens (primary N) is 1. The number of hydrogen-bond donors (Lipinski definition) is 2. The minimum atomic E-state index is -2.97. The fourth-order valence-corrected chi connectivity index (χ4v) is 2.17. The number of nitrogens with one attached hydrogen (secondary N) is 1. The molecule has 0 fully saturated rings. The minimum absolute atomic E-state index is 0.0625. The van der Waals surface area contributed by atoms with Gasteiger partial charge in [0.25, 0.3) is 5.91 Å². The van der Waals surface area contributed by atoms with E-state index < -0.39 is 11.9 Å². The quantitative estimate of drug-likeness (QED) is 0.847. The Morgan fingerprint density at radius 3 is 3.05 bits per heavy atom. The van der Waals surface area contributed by atoms with Gasteiger partial charge in [-0.1, -0.05) is 23.4 Å². The van der Waals surface area contributed by atoms with E-state index in [0.717, 1.165) is 0 Å². The average Bonchev–Trinajstić information content (AvgIpc) is 2.41. The molecule has 0 bridgehead atoms. The lowest BCUT2D eigenvalue weighted by molar-refractivity contribution is 0.102. The predicted molar refractivity (Wildman–Crippen MR) is 79.9 cm³/mol. The first-order valence-electron chi connectivity index (χ1n) is 6.45. The lowest BCUT2D eigenvalue weighted by atomic mass is 10.2. The van der Waals surface area contributed by atoms with Crippen molar-refractivity contribution in [2.45, 2.75) is 4.90 Å². The Kier molecular flexibility index (Phi) is 3.95. The third-order valence-electron chi connectivity index (χ3n) is 2.39. The number of thioether (sulfide) groups is 1. The smallest absolute Gasteiger partial charge is 0.276 e. The predicted octanol–water partition coefficient (Wildman–Crippen LogP) is 3.59. The van der Waals surface area contributed by atoms with Crippen LogP contribution in [0.1, 0.15) is 13.2 Å². The molecule has 2 aromatic rings. The van der Waals surface area contributed by atoms with E-state index in [1.807, 2.05) is 0 Å². The maximum atomic E-state index is 13.1. The maximum absolute atomic E-state index is 13.1. The molecule has 4 nitrogen and oxygen atoms in total. The second-order valence-corrected chi connectivity index (χ2v) is 4.93. The number of anilines is 2. The Balaban J connectivity index is 2.22. The number of alkyl halides is 1. The van der Waals surface area contributed by atoms with Gasteiger partial charge in [0.2, 0.25) is 0 Å². The van der Waals surface area contributed by atoms with Crippen LogP contribution >= 0.6 is 23.4 Å². The molecule has 1 amide bonds. The molecule has 0 atom stereocenters. The molecule has 0 spiro atoms. The van der Waals surface area contributed by atoms with E-state index in [4.69, 9.17) is 20.1 Å². The zero-order chi connectivity index (χ0) is 16.3. The molecular weight excluding hydrogens is 300 g/mol. The van der Waals surface area contributed by atoms with E-state index in [1.165, 1.54) is 24.4 Å². The number of aromatic nitrogens is 1. The summed E-state index contributed by atoms with van der Waals surface area (Å²) in [6, 6.07) is 7.47. The van der Waals surface area contributed by atoms with Gasteiger partial charge in [0, 0.05) is 16.8 Å². The monoisotopic (exact) mass is 312 g/mol. The van der Waals surface area contributed by atoms with Crippen LogP contribution in [0.15, 0.2) is 41.4 Å². The van der Waals surface area contributed by atoms with Crippen molar-refractivity contribution in [3.63, 3.8) is 0 Å². The lowest BCUT2D eigenvalue weighted by Crippen LogP contribution is -2.15. The van der Waals surface area contributed by atoms with Crippen molar-refractivity contribution < 1.29 is 11.9 Å². The highest BCUT2D eigenvalue weighted by molar-refractivity contribution is 7.99. The Morgan fingerprint density at radius 1 is 1.55 bits per heavy atom. The standard InChI is InChI=1S/C13H11ClFN3OS/c14-9-4-3-8(6-11(9)20-7-15)18-13(19)12-10(16)2-1-5-17-12/h1-6H,7,16H2,(H,18,19)/i7D2,15-1. The fraction of sp³-hybridized carbons (Fsp3) is 0.0769. The van der Waals surface area contributed by atoms with E-state index in [0.29, 0.717) is 17.4 Å². The molecule has 2 rings (SSSR count). The highest BCUT2D eigenvalue weighted by atomic mass is 35.5. The summed E-state index contributed by atoms with van der Waals surface area (Å²) in [6.45, 7) is 0. The van der Waals surface area contributed by atoms with Gasteiger partial charge in [0.1, 0.15) is 5.96 Å². The van der Waals surface area contributed by atoms with Crippen molar-refractivity contribution in [3.05, 3.63) is 47.2 Å². The van der Waals surface area contributed by atoms with Crippen LogP contribution in [0.4, 0.5) is 15.8 Å². The number of nitrogens with zero attached hydrogens (tertiary/aromatic N) is 1. The minimum Gasteiger partial charge on any atom is -0.397 e. The van der Waals surface area contributed by atoms with Gasteiger partial charge in [0.15, 0.2) is 5.69 Å². The van der Waals surface area contributed by atoms with Crippen LogP contribution < -0.4 is 11.1 Å². The van der Waals surface area contributed by atoms with E-state index in [9.17, 15) is 9.18 Å². The van der Waals surface area contributed by atoms with Crippen molar-refractivity contribution >= 4 is 40.6 Å². The number of nitrogen functional groups attached to an aromatic ring is 1. The van der Waals surface area contributed by atoms with Crippen LogP contribution in [0.5, 0.6) is 0 Å². The highest BCUT2D eigenvalue weighted by Crippen LogP contribution is 2.30. The second kappa shape index (κ2) is 6.58. The highest BCUT2D eigenvalue weighted by Gasteiger charge is 2.12. The second-order valence-electron chi connectivity index (χ2n) is 3.72. The first-order chi connectivity index (χ1) is 10.3. The summed E-state index contributed by atoms with van der Waals surface area (Å²) in [7, 11) is 0. The van der Waals surface area contributed by atoms with Crippen LogP contribution in [0.2, 0.25) is 5.02 Å². The summed E-state index contributed by atoms with van der Waals surface area (Å²) in [5, 5.41) is 2.74. The zero-order valence-electron chi connectivity index (χ0n) is 12.1. The van der Waals surface area contributed by atoms with Gasteiger partial charge in [-0.25, -0.2) is 9.37 Å². The molecule has 1 heterocycles. The largest absolute Gasteiger partial charge is 0.397 e. The Hall–Kier alpha value is -1.79. The van der Waals surface area contributed by atoms with Crippen LogP contribution in [0, 0.1) is 0 Å². The van der Waals surface area contributed by atoms with Crippen molar-refractivity contribution in [2.24, 2.45) is 0 Å². The molecular formula is C13H11ClFN3OS. The molecule has 3 N–H and O–H groups in total. The molecule has 0 radical (unpaired) electrons. The third kappa shape index (κ3) is 3.40. The fourth-order valence-electron chi connectivity index (χ4n) is 1.50. The van der Waals surface area contributed by atoms with Gasteiger partial charge in [-0.2, -0.15) is 0 Å². The maximum Gasteiger partial charge on any atom is 0.276 e. The van der Waals surface area contributed by atoms with Gasteiger partial charge in [-0.05, 0) is 30.3 Å². The molecule has 104 valence electrons. The van der Waals surface area contributed by atoms with Crippen molar-refractivity contribution in [3.8, 4) is 0 Å². The number of carbonyl (C=O) groups is 1. The molecule has 1 aromatic carbocycles. The number of amides is 1. The summed E-state index contributed by atoms with van der Waals surface area (Å²) < 4.78 is 27.0. The van der Waals surface area contributed by atoms with Crippen molar-refractivity contribution in [1.82, 2.24) is 4.98 Å². The van der Waals surface area contributed by atoms with E-state index in [2.05, 4.69) is 10.3 Å². The van der Waals surface area contributed by atoms with Crippen LogP contribution in [-0.4, -0.2) is 16.8 Å². The molecule has 0 aliphatic carbocycles. The number of benzene rings is 1. The van der Waals surface area contributed by atoms with E-state index >= 15 is 0 Å². The van der Waals surface area contributed by atoms with Crippen LogP contribution in [-0.2, 0) is 0 Å². The summed E-state index contributed by atoms with van der Waals surface area (Å²) in [5.41, 5.74) is 6.28. The number of pyridine rings is 1. The van der Waals surface area contributed by atoms with E-state index in [-0.39, 0.29) is 21.3 Å². The zero-order valence-corrected chi connectivity index (χ0v) is 11.6. The topological polar surface area (TPSA) is 68.0 Å². The molecule has 0 unspecified atom stereocenters. The van der Waals surface area contributed by atoms with Gasteiger partial charge >= 0.3 is 0 Å². The summed E-state index contributed by atoms with van der Waals surface area (Å²) >= 11 is 6.19. The Bertz CT molecular complexity index is 712. The van der Waals surface area contributed by atoms with E-state index in [1.54, 1.807) is 12.1 Å². The third-order valence-corrected chi connectivity index (χ3v) is 3.47. The van der Waals surface area contributed by atoms with Crippen molar-refractivity contribution in [1.29, 1.82) is 0 Å².